The molecule has 0 atom stereocenters. The van der Waals surface area contributed by atoms with Gasteiger partial charge < -0.3 is 15.7 Å². The lowest BCUT2D eigenvalue weighted by Crippen LogP contribution is -2.46. The third-order valence-corrected chi connectivity index (χ3v) is 4.60. The highest BCUT2D eigenvalue weighted by Gasteiger charge is 2.41. The Morgan fingerprint density at radius 1 is 1.14 bits per heavy atom. The number of nitrogens with two attached hydrogens (primary N) is 1. The molecule has 0 unspecified atom stereocenters. The first-order chi connectivity index (χ1) is 10.1. The number of carboxylic acids is 1. The number of unbranched alkanes of at least 4 members (excludes halogenated alkanes) is 3. The van der Waals surface area contributed by atoms with Gasteiger partial charge in [0.25, 0.3) is 0 Å². The Labute approximate surface area is 127 Å². The Hall–Kier alpha value is -1.10. The highest BCUT2D eigenvalue weighted by Crippen LogP contribution is 2.36. The molecule has 1 rings (SSSR count). The van der Waals surface area contributed by atoms with Gasteiger partial charge in [-0.3, -0.25) is 9.59 Å². The van der Waals surface area contributed by atoms with Crippen LogP contribution in [0.1, 0.15) is 64.7 Å². The van der Waals surface area contributed by atoms with Gasteiger partial charge >= 0.3 is 5.97 Å². The maximum absolute atomic E-state index is 12.1. The van der Waals surface area contributed by atoms with E-state index in [1.54, 1.807) is 0 Å². The van der Waals surface area contributed by atoms with Crippen LogP contribution in [0.2, 0.25) is 0 Å². The van der Waals surface area contributed by atoms with E-state index in [0.29, 0.717) is 38.8 Å². The summed E-state index contributed by atoms with van der Waals surface area (Å²) in [6, 6.07) is 0. The Morgan fingerprint density at radius 3 is 2.29 bits per heavy atom. The van der Waals surface area contributed by atoms with Gasteiger partial charge in [-0.15, -0.1) is 0 Å². The molecule has 0 saturated carbocycles. The lowest BCUT2D eigenvalue weighted by molar-refractivity contribution is -0.155. The predicted molar refractivity (Wildman–Crippen MR) is 82.9 cm³/mol. The fourth-order valence-electron chi connectivity index (χ4n) is 3.17. The zero-order valence-corrected chi connectivity index (χ0v) is 13.3. The Balaban J connectivity index is 2.34. The maximum Gasteiger partial charge on any atom is 0.309 e. The van der Waals surface area contributed by atoms with E-state index in [4.69, 9.17) is 5.73 Å². The van der Waals surface area contributed by atoms with E-state index >= 15 is 0 Å². The molecule has 1 fully saturated rings. The van der Waals surface area contributed by atoms with Gasteiger partial charge in [-0.05, 0) is 38.6 Å². The number of aliphatic carboxylic acids is 1. The van der Waals surface area contributed by atoms with Crippen molar-refractivity contribution in [1.29, 1.82) is 0 Å². The van der Waals surface area contributed by atoms with Crippen LogP contribution in [0.4, 0.5) is 0 Å². The molecule has 5 nitrogen and oxygen atoms in total. The molecule has 0 aliphatic carbocycles. The van der Waals surface area contributed by atoms with Crippen molar-refractivity contribution in [1.82, 2.24) is 4.90 Å². The molecule has 21 heavy (non-hydrogen) atoms. The van der Waals surface area contributed by atoms with Gasteiger partial charge in [-0.1, -0.05) is 26.2 Å². The van der Waals surface area contributed by atoms with Crippen molar-refractivity contribution in [3.05, 3.63) is 0 Å². The van der Waals surface area contributed by atoms with Crippen LogP contribution in [-0.2, 0) is 9.59 Å². The standard InChI is InChI=1S/C16H30N2O3/c1-2-8-16(15(20)21)9-12-18(13-10-16)14(19)7-5-3-4-6-11-17/h2-13,17H2,1H3,(H,20,21). The van der Waals surface area contributed by atoms with Gasteiger partial charge in [0.15, 0.2) is 0 Å². The molecule has 1 amide bonds. The number of piperidine rings is 1. The predicted octanol–water partition coefficient (Wildman–Crippen LogP) is 2.39. The van der Waals surface area contributed by atoms with Gasteiger partial charge in [0.1, 0.15) is 0 Å². The number of carbonyl (C=O) groups is 2. The van der Waals surface area contributed by atoms with Crippen LogP contribution in [-0.4, -0.2) is 41.5 Å². The number of amides is 1. The number of carboxylic acid groups (broad SMARTS) is 1. The normalized spacial score (nSPS) is 17.7. The summed E-state index contributed by atoms with van der Waals surface area (Å²) in [7, 11) is 0. The van der Waals surface area contributed by atoms with Gasteiger partial charge in [0.2, 0.25) is 5.91 Å². The summed E-state index contributed by atoms with van der Waals surface area (Å²) in [6.45, 7) is 3.92. The Bertz CT molecular complexity index is 336. The van der Waals surface area contributed by atoms with E-state index in [2.05, 4.69) is 0 Å². The summed E-state index contributed by atoms with van der Waals surface area (Å²) in [5.74, 6) is -0.517. The summed E-state index contributed by atoms with van der Waals surface area (Å²) in [5.41, 5.74) is 4.83. The zero-order chi connectivity index (χ0) is 15.7. The fourth-order valence-corrected chi connectivity index (χ4v) is 3.17. The highest BCUT2D eigenvalue weighted by atomic mass is 16.4. The second-order valence-corrected chi connectivity index (χ2v) is 6.17. The Morgan fingerprint density at radius 2 is 1.76 bits per heavy atom. The number of hydrogen-bond acceptors (Lipinski definition) is 3. The van der Waals surface area contributed by atoms with Gasteiger partial charge in [-0.2, -0.15) is 0 Å². The van der Waals surface area contributed by atoms with E-state index < -0.39 is 11.4 Å². The van der Waals surface area contributed by atoms with Gasteiger partial charge in [0, 0.05) is 19.5 Å². The summed E-state index contributed by atoms with van der Waals surface area (Å²) in [4.78, 5) is 25.5. The number of rotatable bonds is 9. The summed E-state index contributed by atoms with van der Waals surface area (Å²) in [6.07, 6.45) is 7.42. The van der Waals surface area contributed by atoms with Crippen molar-refractivity contribution < 1.29 is 14.7 Å². The van der Waals surface area contributed by atoms with Crippen LogP contribution in [0.3, 0.4) is 0 Å². The van der Waals surface area contributed by atoms with Crippen molar-refractivity contribution in [2.75, 3.05) is 19.6 Å². The first-order valence-corrected chi connectivity index (χ1v) is 8.27. The summed E-state index contributed by atoms with van der Waals surface area (Å²) >= 11 is 0. The monoisotopic (exact) mass is 298 g/mol. The number of hydrogen-bond donors (Lipinski definition) is 2. The minimum absolute atomic E-state index is 0.179. The average molecular weight is 298 g/mol. The highest BCUT2D eigenvalue weighted by molar-refractivity contribution is 5.78. The first-order valence-electron chi connectivity index (χ1n) is 8.27. The molecule has 0 aromatic carbocycles. The molecular formula is C16H30N2O3. The SMILES string of the molecule is CCCC1(C(=O)O)CCN(C(=O)CCCCCCN)CC1. The molecule has 3 N–H and O–H groups in total. The third kappa shape index (κ3) is 5.30. The van der Waals surface area contributed by atoms with Crippen molar-refractivity contribution in [3.8, 4) is 0 Å². The maximum atomic E-state index is 12.1. The van der Waals surface area contributed by atoms with Gasteiger partial charge in [0.05, 0.1) is 5.41 Å². The molecule has 1 heterocycles. The van der Waals surface area contributed by atoms with Crippen LogP contribution < -0.4 is 5.73 Å². The first kappa shape index (κ1) is 18.0. The molecule has 0 aromatic heterocycles. The number of nitrogens with zero attached hydrogens (tertiary/aromatic N) is 1. The molecular weight excluding hydrogens is 268 g/mol. The van der Waals surface area contributed by atoms with Crippen molar-refractivity contribution in [2.45, 2.75) is 64.7 Å². The molecule has 0 spiro atoms. The smallest absolute Gasteiger partial charge is 0.309 e. The van der Waals surface area contributed by atoms with E-state index in [-0.39, 0.29) is 5.91 Å². The quantitative estimate of drug-likeness (QED) is 0.640. The van der Waals surface area contributed by atoms with Crippen molar-refractivity contribution in [3.63, 3.8) is 0 Å². The number of carbonyl (C=O) groups excluding carboxylic acids is 1. The van der Waals surface area contributed by atoms with Crippen molar-refractivity contribution >= 4 is 11.9 Å². The van der Waals surface area contributed by atoms with Crippen LogP contribution in [0.25, 0.3) is 0 Å². The average Bonchev–Trinajstić information content (AvgIpc) is 2.47. The van der Waals surface area contributed by atoms with Crippen LogP contribution >= 0.6 is 0 Å². The molecule has 122 valence electrons. The minimum Gasteiger partial charge on any atom is -0.481 e. The topological polar surface area (TPSA) is 83.6 Å². The zero-order valence-electron chi connectivity index (χ0n) is 13.3. The molecule has 0 aromatic rings. The van der Waals surface area contributed by atoms with Crippen molar-refractivity contribution in [2.24, 2.45) is 11.1 Å². The second kappa shape index (κ2) is 9.03. The van der Waals surface area contributed by atoms with E-state index in [0.717, 1.165) is 38.6 Å². The lowest BCUT2D eigenvalue weighted by atomic mass is 9.75. The van der Waals surface area contributed by atoms with Crippen LogP contribution in [0.15, 0.2) is 0 Å². The summed E-state index contributed by atoms with van der Waals surface area (Å²) in [5, 5.41) is 9.45. The van der Waals surface area contributed by atoms with Gasteiger partial charge in [-0.25, -0.2) is 0 Å². The van der Waals surface area contributed by atoms with Crippen LogP contribution in [0.5, 0.6) is 0 Å². The number of likely N-dealkylation sites (tertiary alicyclic amines) is 1. The molecule has 1 saturated heterocycles. The van der Waals surface area contributed by atoms with Crippen LogP contribution in [0, 0.1) is 5.41 Å². The summed E-state index contributed by atoms with van der Waals surface area (Å²) < 4.78 is 0. The lowest BCUT2D eigenvalue weighted by Gasteiger charge is -2.39. The van der Waals surface area contributed by atoms with E-state index in [1.807, 2.05) is 11.8 Å². The molecule has 0 radical (unpaired) electrons. The fraction of sp³-hybridized carbons (Fsp3) is 0.875. The largest absolute Gasteiger partial charge is 0.481 e. The molecule has 0 bridgehead atoms. The van der Waals surface area contributed by atoms with E-state index in [9.17, 15) is 14.7 Å². The Kier molecular flexibility index (Phi) is 7.72. The minimum atomic E-state index is -0.696. The molecule has 1 aliphatic heterocycles. The second-order valence-electron chi connectivity index (χ2n) is 6.17. The third-order valence-electron chi connectivity index (χ3n) is 4.60. The van der Waals surface area contributed by atoms with E-state index in [1.165, 1.54) is 0 Å². The molecule has 1 aliphatic rings. The molecule has 5 heteroatoms.